The number of carboxylic acid groups (broad SMARTS) is 1. The minimum Gasteiger partial charge on any atom is -0.481 e. The Balaban J connectivity index is 2.01. The smallest absolute Gasteiger partial charge is 0.311 e. The maximum Gasteiger partial charge on any atom is 0.311 e. The first-order valence-corrected chi connectivity index (χ1v) is 7.48. The molecule has 1 unspecified atom stereocenters. The lowest BCUT2D eigenvalue weighted by molar-refractivity contribution is -0.149. The summed E-state index contributed by atoms with van der Waals surface area (Å²) >= 11 is 0. The molecule has 1 atom stereocenters. The predicted molar refractivity (Wildman–Crippen MR) is 83.5 cm³/mol. The van der Waals surface area contributed by atoms with Crippen molar-refractivity contribution in [3.63, 3.8) is 0 Å². The number of pyridine rings is 1. The zero-order valence-corrected chi connectivity index (χ0v) is 12.2. The molecule has 2 aromatic rings. The van der Waals surface area contributed by atoms with Crippen molar-refractivity contribution in [2.75, 3.05) is 18.0 Å². The van der Waals surface area contributed by atoms with E-state index in [2.05, 4.69) is 16.0 Å². The first-order valence-electron chi connectivity index (χ1n) is 7.48. The molecular formula is C17H20N2O2. The standard InChI is InChI=1S/C17H20N2O2/c1-2-17(16(20)21)9-5-11-19(12-17)15-8-10-18-14-7-4-3-6-13(14)15/h3-4,6-8,10H,2,5,9,11-12H2,1H3,(H,20,21). The van der Waals surface area contributed by atoms with Crippen LogP contribution in [0.5, 0.6) is 0 Å². The summed E-state index contributed by atoms with van der Waals surface area (Å²) in [6.07, 6.45) is 4.15. The van der Waals surface area contributed by atoms with E-state index in [9.17, 15) is 9.90 Å². The van der Waals surface area contributed by atoms with E-state index in [1.807, 2.05) is 31.2 Å². The number of piperidine rings is 1. The summed E-state index contributed by atoms with van der Waals surface area (Å²) in [5.41, 5.74) is 1.43. The van der Waals surface area contributed by atoms with E-state index in [0.29, 0.717) is 13.0 Å². The van der Waals surface area contributed by atoms with E-state index in [1.54, 1.807) is 6.20 Å². The van der Waals surface area contributed by atoms with Crippen molar-refractivity contribution in [1.82, 2.24) is 4.98 Å². The Hall–Kier alpha value is -2.10. The topological polar surface area (TPSA) is 53.4 Å². The van der Waals surface area contributed by atoms with E-state index >= 15 is 0 Å². The summed E-state index contributed by atoms with van der Waals surface area (Å²) < 4.78 is 0. The van der Waals surface area contributed by atoms with Crippen LogP contribution in [0.2, 0.25) is 0 Å². The number of fused-ring (bicyclic) bond motifs is 1. The van der Waals surface area contributed by atoms with Gasteiger partial charge in [0.25, 0.3) is 0 Å². The van der Waals surface area contributed by atoms with Gasteiger partial charge in [0.15, 0.2) is 0 Å². The van der Waals surface area contributed by atoms with Gasteiger partial charge >= 0.3 is 5.97 Å². The number of hydrogen-bond donors (Lipinski definition) is 1. The maximum absolute atomic E-state index is 11.7. The summed E-state index contributed by atoms with van der Waals surface area (Å²) in [6, 6.07) is 10.0. The first kappa shape index (κ1) is 13.9. The van der Waals surface area contributed by atoms with Crippen LogP contribution < -0.4 is 4.90 Å². The van der Waals surface area contributed by atoms with Crippen molar-refractivity contribution < 1.29 is 9.90 Å². The molecule has 1 saturated heterocycles. The molecule has 0 spiro atoms. The van der Waals surface area contributed by atoms with Gasteiger partial charge in [-0.1, -0.05) is 25.1 Å². The summed E-state index contributed by atoms with van der Waals surface area (Å²) in [5.74, 6) is -0.673. The second kappa shape index (κ2) is 5.35. The van der Waals surface area contributed by atoms with Crippen LogP contribution in [0.3, 0.4) is 0 Å². The number of carbonyl (C=O) groups is 1. The summed E-state index contributed by atoms with van der Waals surface area (Å²) in [5, 5.41) is 10.7. The van der Waals surface area contributed by atoms with Crippen LogP contribution in [0.4, 0.5) is 5.69 Å². The average molecular weight is 284 g/mol. The molecule has 4 nitrogen and oxygen atoms in total. The number of nitrogens with zero attached hydrogens (tertiary/aromatic N) is 2. The molecular weight excluding hydrogens is 264 g/mol. The van der Waals surface area contributed by atoms with Crippen LogP contribution in [0.1, 0.15) is 26.2 Å². The van der Waals surface area contributed by atoms with E-state index in [1.165, 1.54) is 0 Å². The Morgan fingerprint density at radius 1 is 1.38 bits per heavy atom. The molecule has 0 aliphatic carbocycles. The van der Waals surface area contributed by atoms with Crippen molar-refractivity contribution in [3.8, 4) is 0 Å². The van der Waals surface area contributed by atoms with Gasteiger partial charge in [-0.3, -0.25) is 9.78 Å². The number of rotatable bonds is 3. The molecule has 1 aliphatic rings. The molecule has 3 rings (SSSR count). The van der Waals surface area contributed by atoms with Crippen LogP contribution in [-0.4, -0.2) is 29.1 Å². The lowest BCUT2D eigenvalue weighted by Gasteiger charge is -2.41. The minimum absolute atomic E-state index is 0.576. The normalized spacial score (nSPS) is 22.4. The summed E-state index contributed by atoms with van der Waals surface area (Å²) in [7, 11) is 0. The molecule has 0 bridgehead atoms. The van der Waals surface area contributed by atoms with Gasteiger partial charge in [-0.25, -0.2) is 0 Å². The second-order valence-electron chi connectivity index (χ2n) is 5.81. The van der Waals surface area contributed by atoms with E-state index in [4.69, 9.17) is 0 Å². The summed E-state index contributed by atoms with van der Waals surface area (Å²) in [6.45, 7) is 3.46. The van der Waals surface area contributed by atoms with Crippen molar-refractivity contribution in [2.24, 2.45) is 5.41 Å². The van der Waals surface area contributed by atoms with Gasteiger partial charge in [0.1, 0.15) is 0 Å². The lowest BCUT2D eigenvalue weighted by atomic mass is 9.77. The molecule has 0 radical (unpaired) electrons. The SMILES string of the molecule is CCC1(C(=O)O)CCCN(c2ccnc3ccccc23)C1. The molecule has 4 heteroatoms. The number of anilines is 1. The van der Waals surface area contributed by atoms with Crippen LogP contribution in [-0.2, 0) is 4.79 Å². The second-order valence-corrected chi connectivity index (χ2v) is 5.81. The van der Waals surface area contributed by atoms with E-state index < -0.39 is 11.4 Å². The first-order chi connectivity index (χ1) is 10.2. The van der Waals surface area contributed by atoms with Crippen LogP contribution in [0.15, 0.2) is 36.5 Å². The fraction of sp³-hybridized carbons (Fsp3) is 0.412. The van der Waals surface area contributed by atoms with Crippen molar-refractivity contribution in [3.05, 3.63) is 36.5 Å². The lowest BCUT2D eigenvalue weighted by Crippen LogP contribution is -2.47. The van der Waals surface area contributed by atoms with Gasteiger partial charge < -0.3 is 10.0 Å². The van der Waals surface area contributed by atoms with Crippen LogP contribution in [0, 0.1) is 5.41 Å². The number of aromatic nitrogens is 1. The van der Waals surface area contributed by atoms with Gasteiger partial charge in [0, 0.05) is 30.4 Å². The third kappa shape index (κ3) is 2.35. The minimum atomic E-state index is -0.673. The molecule has 1 fully saturated rings. The van der Waals surface area contributed by atoms with Gasteiger partial charge in [-0.2, -0.15) is 0 Å². The number of carboxylic acids is 1. The number of para-hydroxylation sites is 1. The van der Waals surface area contributed by atoms with Gasteiger partial charge in [0.05, 0.1) is 10.9 Å². The maximum atomic E-state index is 11.7. The molecule has 110 valence electrons. The highest BCUT2D eigenvalue weighted by molar-refractivity contribution is 5.91. The average Bonchev–Trinajstić information content (AvgIpc) is 2.54. The van der Waals surface area contributed by atoms with Crippen molar-refractivity contribution >= 4 is 22.6 Å². The third-order valence-corrected chi connectivity index (χ3v) is 4.67. The Bertz CT molecular complexity index is 665. The number of benzene rings is 1. The molecule has 1 N–H and O–H groups in total. The summed E-state index contributed by atoms with van der Waals surface area (Å²) in [4.78, 5) is 18.3. The highest BCUT2D eigenvalue weighted by Crippen LogP contribution is 2.37. The fourth-order valence-electron chi connectivity index (χ4n) is 3.31. The van der Waals surface area contributed by atoms with Crippen LogP contribution >= 0.6 is 0 Å². The highest BCUT2D eigenvalue weighted by atomic mass is 16.4. The van der Waals surface area contributed by atoms with Crippen LogP contribution in [0.25, 0.3) is 10.9 Å². The predicted octanol–water partition coefficient (Wildman–Crippen LogP) is 3.32. The molecule has 1 aliphatic heterocycles. The molecule has 1 aromatic carbocycles. The molecule has 0 saturated carbocycles. The zero-order valence-electron chi connectivity index (χ0n) is 12.2. The van der Waals surface area contributed by atoms with Gasteiger partial charge in [-0.15, -0.1) is 0 Å². The van der Waals surface area contributed by atoms with E-state index in [0.717, 1.165) is 36.0 Å². The Kier molecular flexibility index (Phi) is 3.53. The third-order valence-electron chi connectivity index (χ3n) is 4.67. The largest absolute Gasteiger partial charge is 0.481 e. The highest BCUT2D eigenvalue weighted by Gasteiger charge is 2.41. The van der Waals surface area contributed by atoms with Crippen molar-refractivity contribution in [2.45, 2.75) is 26.2 Å². The monoisotopic (exact) mass is 284 g/mol. The van der Waals surface area contributed by atoms with Gasteiger partial charge in [-0.05, 0) is 31.4 Å². The van der Waals surface area contributed by atoms with Crippen molar-refractivity contribution in [1.29, 1.82) is 0 Å². The zero-order chi connectivity index (χ0) is 14.9. The number of hydrogen-bond acceptors (Lipinski definition) is 3. The Morgan fingerprint density at radius 3 is 2.95 bits per heavy atom. The molecule has 21 heavy (non-hydrogen) atoms. The molecule has 0 amide bonds. The fourth-order valence-corrected chi connectivity index (χ4v) is 3.31. The van der Waals surface area contributed by atoms with E-state index in [-0.39, 0.29) is 0 Å². The Morgan fingerprint density at radius 2 is 2.19 bits per heavy atom. The van der Waals surface area contributed by atoms with Gasteiger partial charge in [0.2, 0.25) is 0 Å². The molecule has 2 heterocycles. The number of aliphatic carboxylic acids is 1. The quantitative estimate of drug-likeness (QED) is 0.939. The Labute approximate surface area is 124 Å². The molecule has 1 aromatic heterocycles.